The number of hydrogen-bond acceptors (Lipinski definition) is 2. The highest BCUT2D eigenvalue weighted by Gasteiger charge is 2.35. The van der Waals surface area contributed by atoms with E-state index < -0.39 is 0 Å². The Morgan fingerprint density at radius 2 is 1.77 bits per heavy atom. The molecule has 0 spiro atoms. The average Bonchev–Trinajstić information content (AvgIpc) is 3.05. The van der Waals surface area contributed by atoms with E-state index in [1.165, 1.54) is 31.2 Å². The van der Waals surface area contributed by atoms with Gasteiger partial charge in [-0.25, -0.2) is 4.98 Å². The summed E-state index contributed by atoms with van der Waals surface area (Å²) >= 11 is 5.41. The molecule has 114 valence electrons. The van der Waals surface area contributed by atoms with E-state index in [4.69, 9.17) is 12.2 Å². The molecule has 1 heterocycles. The molecule has 1 aliphatic carbocycles. The van der Waals surface area contributed by atoms with Crippen molar-refractivity contribution in [2.24, 2.45) is 0 Å². The molecule has 1 aromatic heterocycles. The molecule has 0 saturated heterocycles. The van der Waals surface area contributed by atoms with Gasteiger partial charge in [-0.15, -0.1) is 0 Å². The second-order valence-electron chi connectivity index (χ2n) is 5.88. The largest absolute Gasteiger partial charge is 0.362 e. The van der Waals surface area contributed by atoms with Gasteiger partial charge in [0.05, 0.1) is 0 Å². The summed E-state index contributed by atoms with van der Waals surface area (Å²) in [7, 11) is 0. The average molecular weight is 311 g/mol. The van der Waals surface area contributed by atoms with Gasteiger partial charge in [0.1, 0.15) is 5.82 Å². The molecule has 0 aliphatic heterocycles. The smallest absolute Gasteiger partial charge is 0.171 e. The van der Waals surface area contributed by atoms with Gasteiger partial charge in [-0.3, -0.25) is 0 Å². The van der Waals surface area contributed by atoms with Crippen LogP contribution in [-0.4, -0.2) is 16.6 Å². The van der Waals surface area contributed by atoms with Gasteiger partial charge in [-0.05, 0) is 42.8 Å². The summed E-state index contributed by atoms with van der Waals surface area (Å²) in [6.07, 6.45) is 6.77. The van der Waals surface area contributed by atoms with Crippen LogP contribution in [0, 0.1) is 0 Å². The van der Waals surface area contributed by atoms with Crippen molar-refractivity contribution in [2.75, 3.05) is 11.9 Å². The second kappa shape index (κ2) is 6.88. The zero-order chi connectivity index (χ0) is 15.3. The maximum Gasteiger partial charge on any atom is 0.171 e. The van der Waals surface area contributed by atoms with Crippen LogP contribution < -0.4 is 10.6 Å². The van der Waals surface area contributed by atoms with E-state index in [1.54, 1.807) is 6.20 Å². The Hall–Kier alpha value is -1.94. The van der Waals surface area contributed by atoms with Crippen LogP contribution in [0.4, 0.5) is 5.82 Å². The van der Waals surface area contributed by atoms with Gasteiger partial charge in [0.25, 0.3) is 0 Å². The first-order valence-corrected chi connectivity index (χ1v) is 8.21. The summed E-state index contributed by atoms with van der Waals surface area (Å²) < 4.78 is 0. The number of nitrogens with one attached hydrogen (secondary N) is 2. The lowest BCUT2D eigenvalue weighted by atomic mass is 9.79. The van der Waals surface area contributed by atoms with Crippen molar-refractivity contribution in [2.45, 2.75) is 31.1 Å². The molecule has 1 saturated carbocycles. The molecule has 3 nitrogen and oxygen atoms in total. The molecule has 4 heteroatoms. The fourth-order valence-electron chi connectivity index (χ4n) is 3.26. The molecule has 0 unspecified atom stereocenters. The molecule has 0 atom stereocenters. The van der Waals surface area contributed by atoms with E-state index >= 15 is 0 Å². The Kier molecular flexibility index (Phi) is 4.68. The number of aromatic nitrogens is 1. The molecule has 2 N–H and O–H groups in total. The zero-order valence-electron chi connectivity index (χ0n) is 12.6. The van der Waals surface area contributed by atoms with E-state index in [0.29, 0.717) is 5.11 Å². The van der Waals surface area contributed by atoms with Crippen LogP contribution in [0.2, 0.25) is 0 Å². The minimum absolute atomic E-state index is 0.205. The highest BCUT2D eigenvalue weighted by molar-refractivity contribution is 7.80. The topological polar surface area (TPSA) is 37.0 Å². The monoisotopic (exact) mass is 311 g/mol. The second-order valence-corrected chi connectivity index (χ2v) is 6.28. The summed E-state index contributed by atoms with van der Waals surface area (Å²) in [5.74, 6) is 0.778. The fourth-order valence-corrected chi connectivity index (χ4v) is 3.43. The lowest BCUT2D eigenvalue weighted by Crippen LogP contribution is -2.40. The maximum absolute atomic E-state index is 5.41. The van der Waals surface area contributed by atoms with E-state index in [-0.39, 0.29) is 5.41 Å². The minimum Gasteiger partial charge on any atom is -0.362 e. The number of thiocarbonyl (C=S) groups is 1. The van der Waals surface area contributed by atoms with Gasteiger partial charge >= 0.3 is 0 Å². The van der Waals surface area contributed by atoms with Crippen molar-refractivity contribution in [3.8, 4) is 0 Å². The Labute approximate surface area is 137 Å². The fraction of sp³-hybridized carbons (Fsp3) is 0.333. The van der Waals surface area contributed by atoms with Crippen LogP contribution in [-0.2, 0) is 5.41 Å². The molecular formula is C18H21N3S. The zero-order valence-corrected chi connectivity index (χ0v) is 13.4. The molecule has 0 bridgehead atoms. The highest BCUT2D eigenvalue weighted by Crippen LogP contribution is 2.40. The van der Waals surface area contributed by atoms with E-state index in [9.17, 15) is 0 Å². The van der Waals surface area contributed by atoms with E-state index in [2.05, 4.69) is 45.9 Å². The normalized spacial score (nSPS) is 16.2. The van der Waals surface area contributed by atoms with Gasteiger partial charge in [0.15, 0.2) is 5.11 Å². The quantitative estimate of drug-likeness (QED) is 0.840. The molecule has 3 rings (SSSR count). The summed E-state index contributed by atoms with van der Waals surface area (Å²) in [6.45, 7) is 0.871. The van der Waals surface area contributed by atoms with Crippen LogP contribution >= 0.6 is 12.2 Å². The Bertz CT molecular complexity index is 607. The molecule has 0 radical (unpaired) electrons. The molecule has 22 heavy (non-hydrogen) atoms. The van der Waals surface area contributed by atoms with Crippen LogP contribution in [0.25, 0.3) is 0 Å². The third-order valence-electron chi connectivity index (χ3n) is 4.44. The number of benzene rings is 1. The molecule has 1 fully saturated rings. The van der Waals surface area contributed by atoms with Gasteiger partial charge in [-0.1, -0.05) is 49.2 Å². The lowest BCUT2D eigenvalue weighted by molar-refractivity contribution is 0.435. The van der Waals surface area contributed by atoms with E-state index in [0.717, 1.165) is 12.4 Å². The number of hydrogen-bond donors (Lipinski definition) is 2. The van der Waals surface area contributed by atoms with Crippen LogP contribution in [0.5, 0.6) is 0 Å². The summed E-state index contributed by atoms with van der Waals surface area (Å²) in [5.41, 5.74) is 1.62. The molecular weight excluding hydrogens is 290 g/mol. The van der Waals surface area contributed by atoms with Crippen molar-refractivity contribution in [3.63, 3.8) is 0 Å². The number of anilines is 1. The van der Waals surface area contributed by atoms with Crippen molar-refractivity contribution in [3.05, 3.63) is 60.3 Å². The third kappa shape index (κ3) is 3.45. The molecule has 1 aromatic carbocycles. The first-order valence-electron chi connectivity index (χ1n) is 7.80. The summed E-state index contributed by atoms with van der Waals surface area (Å²) in [5, 5.41) is 7.18. The van der Waals surface area contributed by atoms with Crippen LogP contribution in [0.15, 0.2) is 54.7 Å². The molecule has 2 aromatic rings. The minimum atomic E-state index is 0.205. The Balaban J connectivity index is 1.64. The molecule has 0 amide bonds. The summed E-state index contributed by atoms with van der Waals surface area (Å²) in [4.78, 5) is 4.24. The first kappa shape index (κ1) is 15.0. The standard InChI is InChI=1S/C18H21N3S/c22-17(21-16-10-4-7-13-19-16)20-14-18(11-5-6-12-18)15-8-2-1-3-9-15/h1-4,7-10,13H,5-6,11-12,14H2,(H2,19,20,21,22). The third-order valence-corrected chi connectivity index (χ3v) is 4.69. The van der Waals surface area contributed by atoms with Gasteiger partial charge in [-0.2, -0.15) is 0 Å². The van der Waals surface area contributed by atoms with Crippen molar-refractivity contribution in [1.29, 1.82) is 0 Å². The molecule has 1 aliphatic rings. The predicted octanol–water partition coefficient (Wildman–Crippen LogP) is 3.88. The SMILES string of the molecule is S=C(NCC1(c2ccccc2)CCCC1)Nc1ccccn1. The summed E-state index contributed by atoms with van der Waals surface area (Å²) in [6, 6.07) is 16.6. The predicted molar refractivity (Wildman–Crippen MR) is 95.0 cm³/mol. The Morgan fingerprint density at radius 1 is 1.05 bits per heavy atom. The Morgan fingerprint density at radius 3 is 2.45 bits per heavy atom. The maximum atomic E-state index is 5.41. The van der Waals surface area contributed by atoms with Crippen molar-refractivity contribution in [1.82, 2.24) is 10.3 Å². The van der Waals surface area contributed by atoms with Crippen LogP contribution in [0.1, 0.15) is 31.2 Å². The lowest BCUT2D eigenvalue weighted by Gasteiger charge is -2.30. The number of rotatable bonds is 4. The van der Waals surface area contributed by atoms with Gasteiger partial charge in [0.2, 0.25) is 0 Å². The number of nitrogens with zero attached hydrogens (tertiary/aromatic N) is 1. The first-order chi connectivity index (χ1) is 10.8. The van der Waals surface area contributed by atoms with Gasteiger partial charge < -0.3 is 10.6 Å². The number of pyridine rings is 1. The van der Waals surface area contributed by atoms with Crippen molar-refractivity contribution >= 4 is 23.1 Å². The van der Waals surface area contributed by atoms with Gasteiger partial charge in [0, 0.05) is 18.2 Å². The highest BCUT2D eigenvalue weighted by atomic mass is 32.1. The van der Waals surface area contributed by atoms with Crippen molar-refractivity contribution < 1.29 is 0 Å². The van der Waals surface area contributed by atoms with Crippen LogP contribution in [0.3, 0.4) is 0 Å². The van der Waals surface area contributed by atoms with E-state index in [1.807, 2.05) is 18.2 Å².